The van der Waals surface area contributed by atoms with Crippen LogP contribution < -0.4 is 16.4 Å². The topological polar surface area (TPSA) is 151 Å². The fourth-order valence-corrected chi connectivity index (χ4v) is 3.66. The first-order chi connectivity index (χ1) is 16.6. The van der Waals surface area contributed by atoms with Crippen molar-refractivity contribution < 1.29 is 29.0 Å². The Morgan fingerprint density at radius 2 is 1.67 bits per heavy atom. The molecule has 0 spiro atoms. The maximum atomic E-state index is 13.9. The van der Waals surface area contributed by atoms with Crippen molar-refractivity contribution in [3.8, 4) is 5.75 Å². The largest absolute Gasteiger partial charge is 0.508 e. The van der Waals surface area contributed by atoms with Crippen LogP contribution in [0.25, 0.3) is 0 Å². The van der Waals surface area contributed by atoms with Crippen LogP contribution in [0.15, 0.2) is 24.3 Å². The molecule has 0 aliphatic carbocycles. The van der Waals surface area contributed by atoms with Crippen LogP contribution in [-0.4, -0.2) is 57.5 Å². The van der Waals surface area contributed by atoms with Crippen molar-refractivity contribution in [1.29, 1.82) is 0 Å². The second-order valence-electron chi connectivity index (χ2n) is 10.7. The van der Waals surface area contributed by atoms with Gasteiger partial charge in [0.1, 0.15) is 23.4 Å². The van der Waals surface area contributed by atoms with E-state index in [1.165, 1.54) is 11.0 Å². The van der Waals surface area contributed by atoms with E-state index in [2.05, 4.69) is 10.6 Å². The summed E-state index contributed by atoms with van der Waals surface area (Å²) < 4.78 is 5.26. The molecule has 0 heterocycles. The Morgan fingerprint density at radius 1 is 1.06 bits per heavy atom. The Balaban J connectivity index is 3.51. The highest BCUT2D eigenvalue weighted by Gasteiger charge is 2.43. The number of aromatic hydroxyl groups is 1. The first-order valence-electron chi connectivity index (χ1n) is 12.2. The molecule has 36 heavy (non-hydrogen) atoms. The van der Waals surface area contributed by atoms with Crippen molar-refractivity contribution in [2.75, 3.05) is 6.54 Å². The van der Waals surface area contributed by atoms with Gasteiger partial charge in [-0.1, -0.05) is 38.0 Å². The van der Waals surface area contributed by atoms with E-state index in [-0.39, 0.29) is 11.3 Å². The standard InChI is InChI=1S/C26H42N4O6/c1-8-9-12-15-28-22(33)21(17-13-10-11-14-19(17)31)30(25(2,3)4)23(34)18(16-20(27)32)29-24(35)36-26(5,6)7/h10-11,13-14,18,21,31H,8-9,12,15-16H2,1-7H3,(H2,27,32)(H,28,33)(H,29,35). The molecule has 0 saturated heterocycles. The summed E-state index contributed by atoms with van der Waals surface area (Å²) in [5.41, 5.74) is 3.80. The van der Waals surface area contributed by atoms with E-state index < -0.39 is 53.5 Å². The van der Waals surface area contributed by atoms with E-state index in [0.29, 0.717) is 6.54 Å². The maximum Gasteiger partial charge on any atom is 0.408 e. The molecule has 10 heteroatoms. The van der Waals surface area contributed by atoms with Crippen molar-refractivity contribution in [2.45, 2.75) is 97.4 Å². The number of alkyl carbamates (subject to hydrolysis) is 1. The smallest absolute Gasteiger partial charge is 0.408 e. The number of unbranched alkanes of at least 4 members (excludes halogenated alkanes) is 2. The van der Waals surface area contributed by atoms with Gasteiger partial charge in [-0.05, 0) is 54.0 Å². The fourth-order valence-electron chi connectivity index (χ4n) is 3.66. The summed E-state index contributed by atoms with van der Waals surface area (Å²) >= 11 is 0. The summed E-state index contributed by atoms with van der Waals surface area (Å²) in [6, 6.07) is 3.62. The minimum atomic E-state index is -1.39. The van der Waals surface area contributed by atoms with Gasteiger partial charge in [-0.25, -0.2) is 4.79 Å². The molecule has 0 fully saturated rings. The molecule has 2 atom stereocenters. The average Bonchev–Trinajstić information content (AvgIpc) is 2.72. The van der Waals surface area contributed by atoms with Gasteiger partial charge in [-0.2, -0.15) is 0 Å². The number of nitrogens with one attached hydrogen (secondary N) is 2. The third-order valence-electron chi connectivity index (χ3n) is 5.17. The summed E-state index contributed by atoms with van der Waals surface area (Å²) in [5, 5.41) is 15.9. The number of carbonyl (C=O) groups excluding carboxylic acids is 4. The van der Waals surface area contributed by atoms with Crippen LogP contribution in [-0.2, 0) is 19.1 Å². The zero-order valence-corrected chi connectivity index (χ0v) is 22.5. The molecule has 0 radical (unpaired) electrons. The number of benzene rings is 1. The normalized spacial score (nSPS) is 13.3. The van der Waals surface area contributed by atoms with Gasteiger partial charge < -0.3 is 31.1 Å². The highest BCUT2D eigenvalue weighted by Crippen LogP contribution is 2.34. The number of primary amides is 1. The number of carbonyl (C=O) groups is 4. The second kappa shape index (κ2) is 13.1. The van der Waals surface area contributed by atoms with Gasteiger partial charge in [0.15, 0.2) is 0 Å². The van der Waals surface area contributed by atoms with E-state index in [9.17, 15) is 24.3 Å². The molecule has 1 rings (SSSR count). The van der Waals surface area contributed by atoms with E-state index in [1.807, 2.05) is 6.92 Å². The Kier molecular flexibility index (Phi) is 11.2. The average molecular weight is 507 g/mol. The lowest BCUT2D eigenvalue weighted by atomic mass is 9.94. The summed E-state index contributed by atoms with van der Waals surface area (Å²) in [5.74, 6) is -2.20. The highest BCUT2D eigenvalue weighted by atomic mass is 16.6. The number of amides is 4. The van der Waals surface area contributed by atoms with Gasteiger partial charge in [0.2, 0.25) is 17.7 Å². The van der Waals surface area contributed by atoms with Crippen LogP contribution in [0.3, 0.4) is 0 Å². The minimum absolute atomic E-state index is 0.167. The lowest BCUT2D eigenvalue weighted by Gasteiger charge is -2.43. The Bertz CT molecular complexity index is 920. The Labute approximate surface area is 213 Å². The molecule has 0 aliphatic rings. The molecule has 0 bridgehead atoms. The molecule has 202 valence electrons. The highest BCUT2D eigenvalue weighted by molar-refractivity contribution is 5.95. The molecule has 10 nitrogen and oxygen atoms in total. The number of rotatable bonds is 11. The predicted molar refractivity (Wildman–Crippen MR) is 137 cm³/mol. The number of para-hydroxylation sites is 1. The third kappa shape index (κ3) is 9.75. The molecule has 0 aromatic heterocycles. The van der Waals surface area contributed by atoms with E-state index in [4.69, 9.17) is 10.5 Å². The Hall–Kier alpha value is -3.30. The van der Waals surface area contributed by atoms with Crippen LogP contribution in [0.5, 0.6) is 5.75 Å². The molecule has 4 amide bonds. The first-order valence-corrected chi connectivity index (χ1v) is 12.2. The second-order valence-corrected chi connectivity index (χ2v) is 10.7. The molecule has 0 aliphatic heterocycles. The zero-order chi connectivity index (χ0) is 27.7. The molecular formula is C26H42N4O6. The van der Waals surface area contributed by atoms with Gasteiger partial charge in [0.05, 0.1) is 6.42 Å². The summed E-state index contributed by atoms with van der Waals surface area (Å²) in [6.45, 7) is 12.6. The SMILES string of the molecule is CCCCCNC(=O)C(c1ccccc1O)N(C(=O)C(CC(N)=O)NC(=O)OC(C)(C)C)C(C)(C)C. The maximum absolute atomic E-state index is 13.9. The number of nitrogens with two attached hydrogens (primary N) is 1. The quantitative estimate of drug-likeness (QED) is 0.339. The molecular weight excluding hydrogens is 464 g/mol. The molecule has 2 unspecified atom stereocenters. The minimum Gasteiger partial charge on any atom is -0.508 e. The molecule has 0 saturated carbocycles. The van der Waals surface area contributed by atoms with Gasteiger partial charge in [-0.15, -0.1) is 0 Å². The number of hydrogen-bond acceptors (Lipinski definition) is 6. The number of hydrogen-bond donors (Lipinski definition) is 4. The lowest BCUT2D eigenvalue weighted by molar-refractivity contribution is -0.149. The number of nitrogens with zero attached hydrogens (tertiary/aromatic N) is 1. The first kappa shape index (κ1) is 30.7. The number of ether oxygens (including phenoxy) is 1. The van der Waals surface area contributed by atoms with Crippen LogP contribution >= 0.6 is 0 Å². The number of phenols is 1. The van der Waals surface area contributed by atoms with Crippen molar-refractivity contribution in [2.24, 2.45) is 5.73 Å². The van der Waals surface area contributed by atoms with Crippen molar-refractivity contribution in [1.82, 2.24) is 15.5 Å². The fraction of sp³-hybridized carbons (Fsp3) is 0.615. The van der Waals surface area contributed by atoms with Crippen LogP contribution in [0.2, 0.25) is 0 Å². The monoisotopic (exact) mass is 506 g/mol. The van der Waals surface area contributed by atoms with Gasteiger partial charge in [0, 0.05) is 17.6 Å². The predicted octanol–water partition coefficient (Wildman–Crippen LogP) is 3.14. The Morgan fingerprint density at radius 3 is 2.17 bits per heavy atom. The number of phenolic OH excluding ortho intramolecular Hbond substituents is 1. The van der Waals surface area contributed by atoms with Gasteiger partial charge in [0.25, 0.3) is 0 Å². The van der Waals surface area contributed by atoms with E-state index in [0.717, 1.165) is 19.3 Å². The summed E-state index contributed by atoms with van der Waals surface area (Å²) in [7, 11) is 0. The summed E-state index contributed by atoms with van der Waals surface area (Å²) in [6.07, 6.45) is 1.24. The summed E-state index contributed by atoms with van der Waals surface area (Å²) in [4.78, 5) is 53.0. The van der Waals surface area contributed by atoms with Crippen molar-refractivity contribution in [3.63, 3.8) is 0 Å². The third-order valence-corrected chi connectivity index (χ3v) is 5.17. The van der Waals surface area contributed by atoms with Crippen LogP contribution in [0, 0.1) is 0 Å². The van der Waals surface area contributed by atoms with Crippen molar-refractivity contribution in [3.05, 3.63) is 29.8 Å². The molecule has 5 N–H and O–H groups in total. The van der Waals surface area contributed by atoms with Gasteiger partial charge in [-0.3, -0.25) is 14.4 Å². The lowest BCUT2D eigenvalue weighted by Crippen LogP contribution is -2.59. The molecule has 1 aromatic rings. The van der Waals surface area contributed by atoms with Crippen LogP contribution in [0.4, 0.5) is 4.79 Å². The van der Waals surface area contributed by atoms with Crippen molar-refractivity contribution >= 4 is 23.8 Å². The van der Waals surface area contributed by atoms with E-state index >= 15 is 0 Å². The van der Waals surface area contributed by atoms with Crippen LogP contribution in [0.1, 0.15) is 85.8 Å². The molecule has 1 aromatic carbocycles. The van der Waals surface area contributed by atoms with Gasteiger partial charge >= 0.3 is 6.09 Å². The van der Waals surface area contributed by atoms with E-state index in [1.54, 1.807) is 59.7 Å². The zero-order valence-electron chi connectivity index (χ0n) is 22.5.